The van der Waals surface area contributed by atoms with Gasteiger partial charge in [0.25, 0.3) is 0 Å². The van der Waals surface area contributed by atoms with Crippen molar-refractivity contribution in [1.82, 2.24) is 0 Å². The summed E-state index contributed by atoms with van der Waals surface area (Å²) < 4.78 is 31.1. The summed E-state index contributed by atoms with van der Waals surface area (Å²) in [4.78, 5) is 33.8. The molecule has 2 aliphatic rings. The van der Waals surface area contributed by atoms with Crippen molar-refractivity contribution in [3.63, 3.8) is 0 Å². The van der Waals surface area contributed by atoms with Gasteiger partial charge < -0.3 is 54.0 Å². The van der Waals surface area contributed by atoms with Crippen LogP contribution in [-0.4, -0.2) is 118 Å². The standard InChI is InChI=1S/C18H28O14/c1-7(20)27-5-11-12(23)13(24)14(25)17(30-11)32-18(6-28-8(2)21)16(26)15(29-9(3)22)10(4-19)31-18/h10-17,19,23-26H,4-6H2,1-3H3/t10-,11-,12-,13+,14-,15-,16+,17-,18+/m1/s1. The molecular formula is C18H28O14. The van der Waals surface area contributed by atoms with Crippen LogP contribution in [0.2, 0.25) is 0 Å². The van der Waals surface area contributed by atoms with Crippen LogP contribution in [0.5, 0.6) is 0 Å². The third kappa shape index (κ3) is 5.90. The van der Waals surface area contributed by atoms with Crippen molar-refractivity contribution >= 4 is 17.9 Å². The zero-order valence-corrected chi connectivity index (χ0v) is 17.7. The van der Waals surface area contributed by atoms with E-state index in [0.717, 1.165) is 20.8 Å². The topological polar surface area (TPSA) is 208 Å². The van der Waals surface area contributed by atoms with Crippen LogP contribution in [0.1, 0.15) is 20.8 Å². The molecule has 0 aromatic rings. The van der Waals surface area contributed by atoms with E-state index in [0.29, 0.717) is 0 Å². The summed E-state index contributed by atoms with van der Waals surface area (Å²) in [6.07, 6.45) is -13.1. The van der Waals surface area contributed by atoms with Crippen molar-refractivity contribution in [1.29, 1.82) is 0 Å². The maximum atomic E-state index is 11.4. The molecule has 0 aliphatic carbocycles. The van der Waals surface area contributed by atoms with Gasteiger partial charge in [0.1, 0.15) is 43.7 Å². The fourth-order valence-corrected chi connectivity index (χ4v) is 3.32. The van der Waals surface area contributed by atoms with Crippen LogP contribution < -0.4 is 0 Å². The SMILES string of the molecule is CC(=O)OC[C@H]1O[C@H](O[C@]2(COC(C)=O)O[C@H](CO)[C@@H](OC(C)=O)[C@@H]2O)[C@H](O)[C@@H](O)[C@@H]1O. The van der Waals surface area contributed by atoms with Gasteiger partial charge in [0.2, 0.25) is 5.79 Å². The molecule has 0 bridgehead atoms. The lowest BCUT2D eigenvalue weighted by atomic mass is 9.99. The number of hydrogen-bond donors (Lipinski definition) is 5. The van der Waals surface area contributed by atoms with E-state index in [9.17, 15) is 39.9 Å². The Morgan fingerprint density at radius 1 is 0.875 bits per heavy atom. The predicted octanol–water partition coefficient (Wildman–Crippen LogP) is -3.68. The molecule has 0 spiro atoms. The fourth-order valence-electron chi connectivity index (χ4n) is 3.32. The molecule has 2 saturated heterocycles. The molecule has 9 atom stereocenters. The normalized spacial score (nSPS) is 39.4. The number of hydrogen-bond acceptors (Lipinski definition) is 14. The largest absolute Gasteiger partial charge is 0.463 e. The Hall–Kier alpha value is -1.91. The van der Waals surface area contributed by atoms with E-state index in [1.165, 1.54) is 0 Å². The number of esters is 3. The summed E-state index contributed by atoms with van der Waals surface area (Å²) in [5.41, 5.74) is 0. The second-order valence-electron chi connectivity index (χ2n) is 7.38. The van der Waals surface area contributed by atoms with Crippen molar-refractivity contribution in [2.24, 2.45) is 0 Å². The van der Waals surface area contributed by atoms with E-state index in [1.807, 2.05) is 0 Å². The lowest BCUT2D eigenvalue weighted by Gasteiger charge is -2.43. The van der Waals surface area contributed by atoms with Gasteiger partial charge in [-0.15, -0.1) is 0 Å². The van der Waals surface area contributed by atoms with E-state index in [1.54, 1.807) is 0 Å². The number of ether oxygens (including phenoxy) is 6. The lowest BCUT2D eigenvalue weighted by Crippen LogP contribution is -2.63. The molecular weight excluding hydrogens is 440 g/mol. The highest BCUT2D eigenvalue weighted by Gasteiger charge is 2.61. The molecule has 0 aromatic carbocycles. The quantitative estimate of drug-likeness (QED) is 0.172. The number of carbonyl (C=O) groups excluding carboxylic acids is 3. The molecule has 0 unspecified atom stereocenters. The van der Waals surface area contributed by atoms with Gasteiger partial charge >= 0.3 is 17.9 Å². The highest BCUT2D eigenvalue weighted by molar-refractivity contribution is 5.66. The van der Waals surface area contributed by atoms with E-state index in [-0.39, 0.29) is 0 Å². The van der Waals surface area contributed by atoms with Crippen LogP contribution in [0.3, 0.4) is 0 Å². The third-order valence-corrected chi connectivity index (χ3v) is 4.87. The molecule has 14 nitrogen and oxygen atoms in total. The van der Waals surface area contributed by atoms with Gasteiger partial charge in [0.15, 0.2) is 18.5 Å². The maximum absolute atomic E-state index is 11.4. The van der Waals surface area contributed by atoms with Gasteiger partial charge in [-0.2, -0.15) is 0 Å². The van der Waals surface area contributed by atoms with Crippen molar-refractivity contribution in [2.45, 2.75) is 75.6 Å². The highest BCUT2D eigenvalue weighted by Crippen LogP contribution is 2.38. The first-order valence-corrected chi connectivity index (χ1v) is 9.70. The Morgan fingerprint density at radius 3 is 2.03 bits per heavy atom. The van der Waals surface area contributed by atoms with Crippen LogP contribution in [0.4, 0.5) is 0 Å². The zero-order valence-electron chi connectivity index (χ0n) is 17.7. The van der Waals surface area contributed by atoms with E-state index < -0.39 is 92.5 Å². The maximum Gasteiger partial charge on any atom is 0.303 e. The second kappa shape index (κ2) is 10.8. The Labute approximate surface area is 182 Å². The van der Waals surface area contributed by atoms with Crippen LogP contribution in [0.25, 0.3) is 0 Å². The molecule has 5 N–H and O–H groups in total. The Morgan fingerprint density at radius 2 is 1.50 bits per heavy atom. The summed E-state index contributed by atoms with van der Waals surface area (Å²) in [6, 6.07) is 0. The predicted molar refractivity (Wildman–Crippen MR) is 97.3 cm³/mol. The molecule has 2 rings (SSSR count). The summed E-state index contributed by atoms with van der Waals surface area (Å²) in [7, 11) is 0. The monoisotopic (exact) mass is 468 g/mol. The first kappa shape index (κ1) is 26.3. The summed E-state index contributed by atoms with van der Waals surface area (Å²) >= 11 is 0. The number of aliphatic hydroxyl groups excluding tert-OH is 5. The average Bonchev–Trinajstić information content (AvgIpc) is 2.97. The van der Waals surface area contributed by atoms with Crippen molar-refractivity contribution in [3.8, 4) is 0 Å². The molecule has 32 heavy (non-hydrogen) atoms. The minimum Gasteiger partial charge on any atom is -0.463 e. The van der Waals surface area contributed by atoms with Gasteiger partial charge in [0.05, 0.1) is 6.61 Å². The second-order valence-corrected chi connectivity index (χ2v) is 7.38. The molecule has 0 saturated carbocycles. The minimum absolute atomic E-state index is 0.504. The summed E-state index contributed by atoms with van der Waals surface area (Å²) in [5.74, 6) is -4.62. The van der Waals surface area contributed by atoms with Crippen LogP contribution >= 0.6 is 0 Å². The van der Waals surface area contributed by atoms with Crippen LogP contribution in [0, 0.1) is 0 Å². The molecule has 2 aliphatic heterocycles. The molecule has 0 aromatic heterocycles. The molecule has 0 amide bonds. The lowest BCUT2D eigenvalue weighted by molar-refractivity contribution is -0.383. The number of rotatable bonds is 8. The summed E-state index contributed by atoms with van der Waals surface area (Å²) in [6.45, 7) is 1.20. The van der Waals surface area contributed by atoms with Crippen LogP contribution in [0.15, 0.2) is 0 Å². The Kier molecular flexibility index (Phi) is 8.90. The highest BCUT2D eigenvalue weighted by atomic mass is 16.8. The van der Waals surface area contributed by atoms with Gasteiger partial charge in [-0.3, -0.25) is 14.4 Å². The van der Waals surface area contributed by atoms with Crippen molar-refractivity contribution in [2.75, 3.05) is 19.8 Å². The van der Waals surface area contributed by atoms with Crippen molar-refractivity contribution in [3.05, 3.63) is 0 Å². The van der Waals surface area contributed by atoms with Gasteiger partial charge in [0, 0.05) is 20.8 Å². The fraction of sp³-hybridized carbons (Fsp3) is 0.833. The number of aliphatic hydroxyl groups is 5. The molecule has 0 radical (unpaired) electrons. The molecule has 184 valence electrons. The van der Waals surface area contributed by atoms with Gasteiger partial charge in [-0.1, -0.05) is 0 Å². The smallest absolute Gasteiger partial charge is 0.303 e. The minimum atomic E-state index is -2.31. The first-order valence-electron chi connectivity index (χ1n) is 9.70. The van der Waals surface area contributed by atoms with E-state index >= 15 is 0 Å². The molecule has 2 heterocycles. The average molecular weight is 468 g/mol. The summed E-state index contributed by atoms with van der Waals surface area (Å²) in [5, 5.41) is 51.0. The third-order valence-electron chi connectivity index (χ3n) is 4.87. The Bertz CT molecular complexity index is 685. The van der Waals surface area contributed by atoms with Crippen molar-refractivity contribution < 1.29 is 68.3 Å². The number of carbonyl (C=O) groups is 3. The molecule has 2 fully saturated rings. The first-order chi connectivity index (χ1) is 14.9. The van der Waals surface area contributed by atoms with E-state index in [4.69, 9.17) is 28.4 Å². The van der Waals surface area contributed by atoms with Gasteiger partial charge in [-0.25, -0.2) is 0 Å². The Balaban J connectivity index is 2.31. The molecule has 14 heteroatoms. The van der Waals surface area contributed by atoms with E-state index in [2.05, 4.69) is 0 Å². The van der Waals surface area contributed by atoms with Crippen LogP contribution in [-0.2, 0) is 42.8 Å². The van der Waals surface area contributed by atoms with Gasteiger partial charge in [-0.05, 0) is 0 Å². The zero-order chi connectivity index (χ0) is 24.2.